The van der Waals surface area contributed by atoms with Gasteiger partial charge in [-0.15, -0.1) is 0 Å². The molecule has 0 radical (unpaired) electrons. The number of hydrogen-bond acceptors (Lipinski definition) is 5. The van der Waals surface area contributed by atoms with E-state index in [-0.39, 0.29) is 11.5 Å². The Kier molecular flexibility index (Phi) is 3.47. The molecule has 0 fully saturated rings. The summed E-state index contributed by atoms with van der Waals surface area (Å²) in [5, 5.41) is 11.2. The van der Waals surface area contributed by atoms with Crippen molar-refractivity contribution in [2.24, 2.45) is 0 Å². The first kappa shape index (κ1) is 12.4. The molecular formula is C12H11N3O2S. The average molecular weight is 261 g/mol. The zero-order valence-electron chi connectivity index (χ0n) is 9.66. The largest absolute Gasteiger partial charge is 0.383 e. The van der Waals surface area contributed by atoms with Gasteiger partial charge in [0.2, 0.25) is 0 Å². The summed E-state index contributed by atoms with van der Waals surface area (Å²) in [7, 11) is 0. The minimum Gasteiger partial charge on any atom is -0.383 e. The molecule has 0 saturated heterocycles. The monoisotopic (exact) mass is 261 g/mol. The molecule has 6 heteroatoms. The fraction of sp³-hybridized carbons (Fsp3) is 0.0833. The summed E-state index contributed by atoms with van der Waals surface area (Å²) in [5.41, 5.74) is 6.66. The molecule has 0 aliphatic rings. The van der Waals surface area contributed by atoms with E-state index in [0.29, 0.717) is 5.03 Å². The number of benzene rings is 1. The number of nitrogen functional groups attached to an aromatic ring is 1. The Morgan fingerprint density at radius 2 is 1.94 bits per heavy atom. The minimum absolute atomic E-state index is 0.0443. The molecule has 2 aromatic rings. The van der Waals surface area contributed by atoms with Crippen molar-refractivity contribution in [2.75, 3.05) is 5.73 Å². The summed E-state index contributed by atoms with van der Waals surface area (Å²) in [5.74, 6) is 0.152. The fourth-order valence-electron chi connectivity index (χ4n) is 1.40. The summed E-state index contributed by atoms with van der Waals surface area (Å²) in [6, 6.07) is 10.5. The second kappa shape index (κ2) is 5.05. The van der Waals surface area contributed by atoms with Crippen LogP contribution in [0.25, 0.3) is 0 Å². The molecule has 0 amide bonds. The van der Waals surface area contributed by atoms with Gasteiger partial charge in [0.15, 0.2) is 0 Å². The van der Waals surface area contributed by atoms with Gasteiger partial charge in [-0.05, 0) is 19.1 Å². The number of nitro groups is 1. The predicted octanol–water partition coefficient (Wildman–Crippen LogP) is 3.03. The van der Waals surface area contributed by atoms with Crippen molar-refractivity contribution in [3.63, 3.8) is 0 Å². The van der Waals surface area contributed by atoms with Crippen molar-refractivity contribution < 1.29 is 4.92 Å². The van der Waals surface area contributed by atoms with Crippen molar-refractivity contribution >= 4 is 23.3 Å². The van der Waals surface area contributed by atoms with Gasteiger partial charge >= 0.3 is 0 Å². The van der Waals surface area contributed by atoms with E-state index in [2.05, 4.69) is 4.98 Å². The van der Waals surface area contributed by atoms with Gasteiger partial charge in [0, 0.05) is 11.0 Å². The van der Waals surface area contributed by atoms with Gasteiger partial charge < -0.3 is 5.73 Å². The maximum Gasteiger partial charge on any atom is 0.275 e. The number of aryl methyl sites for hydroxylation is 1. The van der Waals surface area contributed by atoms with Crippen LogP contribution < -0.4 is 5.73 Å². The second-order valence-corrected chi connectivity index (χ2v) is 4.85. The van der Waals surface area contributed by atoms with Crippen LogP contribution in [0.5, 0.6) is 0 Å². The number of aromatic nitrogens is 1. The van der Waals surface area contributed by atoms with Gasteiger partial charge in [0.25, 0.3) is 5.69 Å². The second-order valence-electron chi connectivity index (χ2n) is 3.76. The zero-order valence-corrected chi connectivity index (χ0v) is 10.5. The van der Waals surface area contributed by atoms with Crippen LogP contribution in [0.15, 0.2) is 46.3 Å². The molecule has 0 aliphatic heterocycles. The highest BCUT2D eigenvalue weighted by molar-refractivity contribution is 7.99. The molecule has 0 unspecified atom stereocenters. The molecule has 0 bridgehead atoms. The van der Waals surface area contributed by atoms with Crippen LogP contribution in [0.4, 0.5) is 11.5 Å². The molecule has 0 saturated carbocycles. The number of hydrogen-bond donors (Lipinski definition) is 1. The molecule has 0 atom stereocenters. The van der Waals surface area contributed by atoms with Gasteiger partial charge in [0.1, 0.15) is 10.8 Å². The standard InChI is InChI=1S/C12H11N3O2S/c1-8-2-4-10(5-3-8)18-12-7-9(15(16)17)6-11(13)14-12/h2-7H,1H3,(H2,13,14). The van der Waals surface area contributed by atoms with Gasteiger partial charge in [-0.1, -0.05) is 29.5 Å². The smallest absolute Gasteiger partial charge is 0.275 e. The molecule has 1 aromatic heterocycles. The number of nitrogens with zero attached hydrogens (tertiary/aromatic N) is 2. The van der Waals surface area contributed by atoms with E-state index >= 15 is 0 Å². The van der Waals surface area contributed by atoms with Crippen molar-refractivity contribution in [3.05, 3.63) is 52.1 Å². The Hall–Kier alpha value is -2.08. The van der Waals surface area contributed by atoms with E-state index in [0.717, 1.165) is 10.5 Å². The lowest BCUT2D eigenvalue weighted by Crippen LogP contribution is -1.95. The maximum atomic E-state index is 10.7. The number of anilines is 1. The normalized spacial score (nSPS) is 10.3. The minimum atomic E-state index is -0.475. The van der Waals surface area contributed by atoms with Crippen LogP contribution in [0.2, 0.25) is 0 Å². The zero-order chi connectivity index (χ0) is 13.1. The maximum absolute atomic E-state index is 10.7. The average Bonchev–Trinajstić information content (AvgIpc) is 2.31. The van der Waals surface area contributed by atoms with Crippen LogP contribution in [0, 0.1) is 17.0 Å². The fourth-order valence-corrected chi connectivity index (χ4v) is 2.24. The summed E-state index contributed by atoms with van der Waals surface area (Å²) < 4.78 is 0. The molecular weight excluding hydrogens is 250 g/mol. The van der Waals surface area contributed by atoms with Gasteiger partial charge in [0.05, 0.1) is 11.0 Å². The Morgan fingerprint density at radius 1 is 1.28 bits per heavy atom. The van der Waals surface area contributed by atoms with Gasteiger partial charge in [-0.25, -0.2) is 4.98 Å². The molecule has 1 aromatic carbocycles. The van der Waals surface area contributed by atoms with Gasteiger partial charge in [-0.2, -0.15) is 0 Å². The van der Waals surface area contributed by atoms with Gasteiger partial charge in [-0.3, -0.25) is 10.1 Å². The van der Waals surface area contributed by atoms with E-state index < -0.39 is 4.92 Å². The number of rotatable bonds is 3. The van der Waals surface area contributed by atoms with E-state index in [1.54, 1.807) is 0 Å². The summed E-state index contributed by atoms with van der Waals surface area (Å²) in [4.78, 5) is 15.3. The van der Waals surface area contributed by atoms with Crippen molar-refractivity contribution in [1.29, 1.82) is 0 Å². The third-order valence-corrected chi connectivity index (χ3v) is 3.19. The molecule has 0 spiro atoms. The van der Waals surface area contributed by atoms with Crippen molar-refractivity contribution in [3.8, 4) is 0 Å². The van der Waals surface area contributed by atoms with Crippen LogP contribution in [0.1, 0.15) is 5.56 Å². The molecule has 1 heterocycles. The van der Waals surface area contributed by atoms with Crippen LogP contribution >= 0.6 is 11.8 Å². The predicted molar refractivity (Wildman–Crippen MR) is 70.6 cm³/mol. The number of nitrogens with two attached hydrogens (primary N) is 1. The van der Waals surface area contributed by atoms with E-state index in [4.69, 9.17) is 5.73 Å². The summed E-state index contributed by atoms with van der Waals surface area (Å²) in [6.45, 7) is 2.00. The molecule has 18 heavy (non-hydrogen) atoms. The van der Waals surface area contributed by atoms with E-state index in [9.17, 15) is 10.1 Å². The highest BCUT2D eigenvalue weighted by Crippen LogP contribution is 2.29. The third-order valence-electron chi connectivity index (χ3n) is 2.26. The molecule has 2 N–H and O–H groups in total. The Labute approximate surface area is 108 Å². The van der Waals surface area contributed by atoms with Crippen molar-refractivity contribution in [2.45, 2.75) is 16.8 Å². The van der Waals surface area contributed by atoms with Crippen LogP contribution in [-0.2, 0) is 0 Å². The lowest BCUT2D eigenvalue weighted by atomic mass is 10.2. The molecule has 92 valence electrons. The van der Waals surface area contributed by atoms with Crippen molar-refractivity contribution in [1.82, 2.24) is 4.98 Å². The first-order valence-electron chi connectivity index (χ1n) is 5.21. The lowest BCUT2D eigenvalue weighted by Gasteiger charge is -2.02. The first-order chi connectivity index (χ1) is 8.54. The van der Waals surface area contributed by atoms with E-state index in [1.807, 2.05) is 31.2 Å². The SMILES string of the molecule is Cc1ccc(Sc2cc([N+](=O)[O-])cc(N)n2)cc1. The Bertz CT molecular complexity index is 584. The summed E-state index contributed by atoms with van der Waals surface area (Å²) >= 11 is 1.35. The van der Waals surface area contributed by atoms with Crippen LogP contribution in [-0.4, -0.2) is 9.91 Å². The molecule has 5 nitrogen and oxygen atoms in total. The molecule has 2 rings (SSSR count). The Balaban J connectivity index is 2.28. The quantitative estimate of drug-likeness (QED) is 0.678. The first-order valence-corrected chi connectivity index (χ1v) is 6.03. The summed E-state index contributed by atoms with van der Waals surface area (Å²) in [6.07, 6.45) is 0. The third kappa shape index (κ3) is 2.98. The lowest BCUT2D eigenvalue weighted by molar-refractivity contribution is -0.385. The number of pyridine rings is 1. The van der Waals surface area contributed by atoms with E-state index in [1.165, 1.54) is 23.9 Å². The Morgan fingerprint density at radius 3 is 2.56 bits per heavy atom. The highest BCUT2D eigenvalue weighted by Gasteiger charge is 2.10. The topological polar surface area (TPSA) is 82.0 Å². The highest BCUT2D eigenvalue weighted by atomic mass is 32.2. The molecule has 0 aliphatic carbocycles. The van der Waals surface area contributed by atoms with Crippen LogP contribution in [0.3, 0.4) is 0 Å².